The second-order valence-corrected chi connectivity index (χ2v) is 4.05. The molecule has 2 N–H and O–H groups in total. The van der Waals surface area contributed by atoms with Gasteiger partial charge in [0.1, 0.15) is 0 Å². The Hall–Kier alpha value is -0.0800. The van der Waals surface area contributed by atoms with Gasteiger partial charge in [0, 0.05) is 11.1 Å². The molecule has 0 aromatic rings. The van der Waals surface area contributed by atoms with E-state index in [4.69, 9.17) is 0 Å². The van der Waals surface area contributed by atoms with Crippen LogP contribution in [0.3, 0.4) is 0 Å². The fourth-order valence-corrected chi connectivity index (χ4v) is 2.22. The van der Waals surface area contributed by atoms with E-state index in [9.17, 15) is 0 Å². The largest absolute Gasteiger partial charge is 0.314 e. The molecule has 0 atom stereocenters. The van der Waals surface area contributed by atoms with Crippen molar-refractivity contribution >= 4 is 0 Å². The Morgan fingerprint density at radius 2 is 1.73 bits per heavy atom. The Balaban J connectivity index is 2.47. The Kier molecular flexibility index (Phi) is 2.26. The smallest absolute Gasteiger partial charge is 0.0210 e. The third-order valence-corrected chi connectivity index (χ3v) is 3.27. The number of hydrogen-bond acceptors (Lipinski definition) is 2. The van der Waals surface area contributed by atoms with E-state index in [1.165, 1.54) is 19.3 Å². The van der Waals surface area contributed by atoms with Crippen molar-refractivity contribution in [1.29, 1.82) is 0 Å². The van der Waals surface area contributed by atoms with Gasteiger partial charge in [0.2, 0.25) is 0 Å². The molecule has 0 aliphatic heterocycles. The topological polar surface area (TPSA) is 24.1 Å². The molecule has 11 heavy (non-hydrogen) atoms. The van der Waals surface area contributed by atoms with Crippen LogP contribution in [-0.4, -0.2) is 25.2 Å². The minimum Gasteiger partial charge on any atom is -0.314 e. The molecule has 1 aliphatic carbocycles. The summed E-state index contributed by atoms with van der Waals surface area (Å²) in [5, 5.41) is 6.78. The van der Waals surface area contributed by atoms with Gasteiger partial charge in [-0.15, -0.1) is 0 Å². The molecule has 0 aromatic heterocycles. The van der Waals surface area contributed by atoms with Crippen LogP contribution in [0.25, 0.3) is 0 Å². The van der Waals surface area contributed by atoms with E-state index in [0.717, 1.165) is 0 Å². The van der Waals surface area contributed by atoms with Crippen LogP contribution < -0.4 is 10.6 Å². The van der Waals surface area contributed by atoms with Crippen LogP contribution in [-0.2, 0) is 0 Å². The lowest BCUT2D eigenvalue weighted by atomic mass is 9.62. The normalized spacial score (nSPS) is 43.6. The second-order valence-electron chi connectivity index (χ2n) is 4.05. The Morgan fingerprint density at radius 3 is 2.00 bits per heavy atom. The van der Waals surface area contributed by atoms with Gasteiger partial charge in [-0.2, -0.15) is 0 Å². The fraction of sp³-hybridized carbons (Fsp3) is 1.00. The van der Waals surface area contributed by atoms with Gasteiger partial charge in [-0.25, -0.2) is 0 Å². The fourth-order valence-electron chi connectivity index (χ4n) is 2.22. The zero-order chi connectivity index (χ0) is 8.54. The van der Waals surface area contributed by atoms with Crippen LogP contribution in [0.5, 0.6) is 0 Å². The van der Waals surface area contributed by atoms with E-state index in [2.05, 4.69) is 38.6 Å². The van der Waals surface area contributed by atoms with Crippen molar-refractivity contribution in [2.75, 3.05) is 14.1 Å². The molecule has 0 aromatic carbocycles. The molecule has 0 saturated heterocycles. The maximum absolute atomic E-state index is 3.41. The number of nitrogens with one attached hydrogen (secondary N) is 2. The van der Waals surface area contributed by atoms with Gasteiger partial charge in [0.05, 0.1) is 0 Å². The lowest BCUT2D eigenvalue weighted by Crippen LogP contribution is -2.66. The Morgan fingerprint density at radius 1 is 1.18 bits per heavy atom. The van der Waals surface area contributed by atoms with Crippen molar-refractivity contribution < 1.29 is 0 Å². The zero-order valence-electron chi connectivity index (χ0n) is 8.12. The standard InChI is InChI=1S/C9H20N2/c1-5-9(11-4)6-8(2,7-9)10-3/h10-11H,5-7H2,1-4H3. The molecule has 0 radical (unpaired) electrons. The summed E-state index contributed by atoms with van der Waals surface area (Å²) in [6, 6.07) is 0. The average Bonchev–Trinajstić information content (AvgIpc) is 1.98. The minimum absolute atomic E-state index is 0.388. The molecular weight excluding hydrogens is 136 g/mol. The lowest BCUT2D eigenvalue weighted by Gasteiger charge is -2.54. The van der Waals surface area contributed by atoms with Gasteiger partial charge in [0.25, 0.3) is 0 Å². The first-order chi connectivity index (χ1) is 5.10. The predicted molar refractivity (Wildman–Crippen MR) is 48.8 cm³/mol. The van der Waals surface area contributed by atoms with E-state index in [1.807, 2.05) is 0 Å². The highest BCUT2D eigenvalue weighted by atomic mass is 15.1. The first-order valence-corrected chi connectivity index (χ1v) is 4.47. The van der Waals surface area contributed by atoms with E-state index >= 15 is 0 Å². The molecular formula is C9H20N2. The highest BCUT2D eigenvalue weighted by Gasteiger charge is 2.48. The molecule has 1 aliphatic rings. The van der Waals surface area contributed by atoms with Gasteiger partial charge < -0.3 is 10.6 Å². The molecule has 1 rings (SSSR count). The summed E-state index contributed by atoms with van der Waals surface area (Å²) in [6.07, 6.45) is 3.74. The SMILES string of the molecule is CCC1(NC)CC(C)(NC)C1. The minimum atomic E-state index is 0.388. The molecule has 0 heterocycles. The molecule has 2 nitrogen and oxygen atoms in total. The van der Waals surface area contributed by atoms with Crippen LogP contribution in [0.4, 0.5) is 0 Å². The number of rotatable bonds is 3. The average molecular weight is 156 g/mol. The van der Waals surface area contributed by atoms with Gasteiger partial charge in [-0.3, -0.25) is 0 Å². The molecule has 0 bridgehead atoms. The molecule has 66 valence electrons. The molecule has 1 saturated carbocycles. The van der Waals surface area contributed by atoms with Crippen LogP contribution in [0.15, 0.2) is 0 Å². The monoisotopic (exact) mass is 156 g/mol. The highest BCUT2D eigenvalue weighted by molar-refractivity contribution is 5.10. The summed E-state index contributed by atoms with van der Waals surface area (Å²) >= 11 is 0. The number of hydrogen-bond donors (Lipinski definition) is 2. The highest BCUT2D eigenvalue weighted by Crippen LogP contribution is 2.42. The molecule has 0 amide bonds. The summed E-state index contributed by atoms with van der Waals surface area (Å²) in [4.78, 5) is 0. The maximum atomic E-state index is 3.41. The van der Waals surface area contributed by atoms with Crippen molar-refractivity contribution in [2.24, 2.45) is 0 Å². The van der Waals surface area contributed by atoms with Crippen LogP contribution >= 0.6 is 0 Å². The van der Waals surface area contributed by atoms with Gasteiger partial charge in [-0.1, -0.05) is 6.92 Å². The summed E-state index contributed by atoms with van der Waals surface area (Å²) in [5.74, 6) is 0. The summed E-state index contributed by atoms with van der Waals surface area (Å²) < 4.78 is 0. The second kappa shape index (κ2) is 2.76. The molecule has 0 spiro atoms. The summed E-state index contributed by atoms with van der Waals surface area (Å²) in [5.41, 5.74) is 0.816. The van der Waals surface area contributed by atoms with Gasteiger partial charge in [-0.05, 0) is 40.3 Å². The van der Waals surface area contributed by atoms with Crippen LogP contribution in [0.2, 0.25) is 0 Å². The molecule has 1 fully saturated rings. The van der Waals surface area contributed by atoms with Crippen molar-refractivity contribution in [3.8, 4) is 0 Å². The van der Waals surface area contributed by atoms with Crippen LogP contribution in [0, 0.1) is 0 Å². The van der Waals surface area contributed by atoms with E-state index in [1.54, 1.807) is 0 Å². The lowest BCUT2D eigenvalue weighted by molar-refractivity contribution is 0.0652. The third kappa shape index (κ3) is 1.42. The van der Waals surface area contributed by atoms with Crippen molar-refractivity contribution in [3.63, 3.8) is 0 Å². The maximum Gasteiger partial charge on any atom is 0.0210 e. The molecule has 0 unspecified atom stereocenters. The third-order valence-electron chi connectivity index (χ3n) is 3.27. The van der Waals surface area contributed by atoms with E-state index < -0.39 is 0 Å². The Labute approximate surface area is 69.8 Å². The van der Waals surface area contributed by atoms with E-state index in [-0.39, 0.29) is 0 Å². The zero-order valence-corrected chi connectivity index (χ0v) is 8.12. The van der Waals surface area contributed by atoms with Crippen molar-refractivity contribution in [1.82, 2.24) is 10.6 Å². The van der Waals surface area contributed by atoms with Gasteiger partial charge in [0.15, 0.2) is 0 Å². The summed E-state index contributed by atoms with van der Waals surface area (Å²) in [7, 11) is 4.12. The van der Waals surface area contributed by atoms with Crippen LogP contribution in [0.1, 0.15) is 33.1 Å². The Bertz CT molecular complexity index is 130. The summed E-state index contributed by atoms with van der Waals surface area (Å²) in [6.45, 7) is 4.55. The van der Waals surface area contributed by atoms with Gasteiger partial charge >= 0.3 is 0 Å². The van der Waals surface area contributed by atoms with Crippen molar-refractivity contribution in [3.05, 3.63) is 0 Å². The van der Waals surface area contributed by atoms with Crippen molar-refractivity contribution in [2.45, 2.75) is 44.2 Å². The van der Waals surface area contributed by atoms with E-state index in [0.29, 0.717) is 11.1 Å². The first kappa shape index (κ1) is 9.01. The quantitative estimate of drug-likeness (QED) is 0.640. The predicted octanol–water partition coefficient (Wildman–Crippen LogP) is 1.13. The first-order valence-electron chi connectivity index (χ1n) is 4.47. The molecule has 2 heteroatoms.